The third-order valence-electron chi connectivity index (χ3n) is 2.71. The van der Waals surface area contributed by atoms with E-state index in [1.165, 1.54) is 10.5 Å². The summed E-state index contributed by atoms with van der Waals surface area (Å²) in [7, 11) is 0. The van der Waals surface area contributed by atoms with Crippen molar-refractivity contribution in [3.8, 4) is 0 Å². The lowest BCUT2D eigenvalue weighted by Crippen LogP contribution is -2.24. The Morgan fingerprint density at radius 3 is 2.73 bits per heavy atom. The van der Waals surface area contributed by atoms with Gasteiger partial charge in [-0.15, -0.1) is 11.3 Å². The van der Waals surface area contributed by atoms with Crippen molar-refractivity contribution < 1.29 is 5.11 Å². The van der Waals surface area contributed by atoms with Crippen molar-refractivity contribution in [1.29, 1.82) is 0 Å². The Balaban J connectivity index is 2.29. The largest absolute Gasteiger partial charge is 0.389 e. The smallest absolute Gasteiger partial charge is 0.0934 e. The zero-order valence-electron chi connectivity index (χ0n) is 8.96. The maximum absolute atomic E-state index is 9.78. The molecule has 1 nitrogen and oxygen atoms in total. The van der Waals surface area contributed by atoms with Gasteiger partial charge in [0.25, 0.3) is 0 Å². The fourth-order valence-electron chi connectivity index (χ4n) is 2.16. The highest BCUT2D eigenvalue weighted by atomic mass is 35.5. The monoisotopic (exact) mass is 242 g/mol. The minimum absolute atomic E-state index is 0.181. The Labute approximate surface area is 99.4 Å². The fourth-order valence-corrected chi connectivity index (χ4v) is 3.23. The van der Waals surface area contributed by atoms with Crippen LogP contribution in [0.25, 0.3) is 5.57 Å². The summed E-state index contributed by atoms with van der Waals surface area (Å²) in [6, 6.07) is 3.95. The van der Waals surface area contributed by atoms with Gasteiger partial charge in [-0.3, -0.25) is 0 Å². The van der Waals surface area contributed by atoms with Gasteiger partial charge in [0.1, 0.15) is 0 Å². The average molecular weight is 243 g/mol. The van der Waals surface area contributed by atoms with Gasteiger partial charge in [0, 0.05) is 4.88 Å². The summed E-state index contributed by atoms with van der Waals surface area (Å²) in [4.78, 5) is 1.19. The van der Waals surface area contributed by atoms with Crippen LogP contribution in [0, 0.1) is 5.41 Å². The van der Waals surface area contributed by atoms with Crippen molar-refractivity contribution in [1.82, 2.24) is 0 Å². The zero-order valence-corrected chi connectivity index (χ0v) is 10.5. The van der Waals surface area contributed by atoms with Gasteiger partial charge in [-0.05, 0) is 36.0 Å². The van der Waals surface area contributed by atoms with Gasteiger partial charge in [-0.25, -0.2) is 0 Å². The summed E-state index contributed by atoms with van der Waals surface area (Å²) >= 11 is 7.50. The van der Waals surface area contributed by atoms with Crippen LogP contribution in [0.4, 0.5) is 0 Å². The van der Waals surface area contributed by atoms with E-state index in [4.69, 9.17) is 11.6 Å². The van der Waals surface area contributed by atoms with E-state index in [0.29, 0.717) is 0 Å². The first-order valence-corrected chi connectivity index (χ1v) is 6.30. The van der Waals surface area contributed by atoms with Crippen molar-refractivity contribution in [2.45, 2.75) is 32.8 Å². The molecular weight excluding hydrogens is 228 g/mol. The average Bonchev–Trinajstić information content (AvgIpc) is 2.48. The van der Waals surface area contributed by atoms with Gasteiger partial charge in [0.15, 0.2) is 0 Å². The van der Waals surface area contributed by atoms with Gasteiger partial charge in [-0.1, -0.05) is 31.5 Å². The molecule has 1 aromatic rings. The summed E-state index contributed by atoms with van der Waals surface area (Å²) in [6.07, 6.45) is 3.51. The third-order valence-corrected chi connectivity index (χ3v) is 4.02. The van der Waals surface area contributed by atoms with E-state index >= 15 is 0 Å². The highest BCUT2D eigenvalue weighted by Gasteiger charge is 2.28. The highest BCUT2D eigenvalue weighted by Crippen LogP contribution is 2.41. The fraction of sp³-hybridized carbons (Fsp3) is 0.500. The summed E-state index contributed by atoms with van der Waals surface area (Å²) in [5, 5.41) is 9.78. The number of aliphatic hydroxyl groups is 1. The highest BCUT2D eigenvalue weighted by molar-refractivity contribution is 7.17. The van der Waals surface area contributed by atoms with Crippen LogP contribution in [-0.2, 0) is 0 Å². The SMILES string of the molecule is CC1(C)CC(c2ccc(Cl)s2)=CC(O)C1. The van der Waals surface area contributed by atoms with Gasteiger partial charge >= 0.3 is 0 Å². The van der Waals surface area contributed by atoms with Crippen LogP contribution in [0.2, 0.25) is 4.34 Å². The molecule has 0 aromatic carbocycles. The maximum Gasteiger partial charge on any atom is 0.0934 e. The molecule has 1 N–H and O–H groups in total. The van der Waals surface area contributed by atoms with Crippen LogP contribution in [-0.4, -0.2) is 11.2 Å². The molecule has 1 heterocycles. The second-order valence-corrected chi connectivity index (χ2v) is 6.62. The molecule has 3 heteroatoms. The molecule has 0 aliphatic heterocycles. The van der Waals surface area contributed by atoms with E-state index in [1.54, 1.807) is 11.3 Å². The molecule has 82 valence electrons. The van der Waals surface area contributed by atoms with Crippen molar-refractivity contribution in [3.63, 3.8) is 0 Å². The van der Waals surface area contributed by atoms with Gasteiger partial charge in [0.05, 0.1) is 10.4 Å². The molecule has 0 saturated carbocycles. The predicted octanol–water partition coefficient (Wildman–Crippen LogP) is 3.97. The molecule has 1 aliphatic rings. The van der Waals surface area contributed by atoms with E-state index < -0.39 is 0 Å². The van der Waals surface area contributed by atoms with Gasteiger partial charge in [-0.2, -0.15) is 0 Å². The number of allylic oxidation sites excluding steroid dienone is 1. The molecule has 15 heavy (non-hydrogen) atoms. The third kappa shape index (κ3) is 2.63. The zero-order chi connectivity index (χ0) is 11.1. The molecule has 1 aromatic heterocycles. The minimum Gasteiger partial charge on any atom is -0.389 e. The van der Waals surface area contributed by atoms with E-state index in [-0.39, 0.29) is 11.5 Å². The molecule has 1 atom stereocenters. The number of aliphatic hydroxyl groups excluding tert-OH is 1. The minimum atomic E-state index is -0.315. The molecule has 0 fully saturated rings. The Kier molecular flexibility index (Phi) is 2.93. The standard InChI is InChI=1S/C12H15ClOS/c1-12(2)6-8(5-9(14)7-12)10-3-4-11(13)15-10/h3-5,9,14H,6-7H2,1-2H3. The van der Waals surface area contributed by atoms with Crippen molar-refractivity contribution in [2.24, 2.45) is 5.41 Å². The van der Waals surface area contributed by atoms with Crippen molar-refractivity contribution in [3.05, 3.63) is 27.4 Å². The molecule has 0 saturated heterocycles. The Bertz CT molecular complexity index is 392. The topological polar surface area (TPSA) is 20.2 Å². The summed E-state index contributed by atoms with van der Waals surface area (Å²) in [5.41, 5.74) is 1.41. The van der Waals surface area contributed by atoms with Gasteiger partial charge < -0.3 is 5.11 Å². The number of halogens is 1. The first kappa shape index (κ1) is 11.2. The first-order valence-electron chi connectivity index (χ1n) is 5.11. The summed E-state index contributed by atoms with van der Waals surface area (Å²) < 4.78 is 0.809. The number of thiophene rings is 1. The lowest BCUT2D eigenvalue weighted by atomic mass is 9.76. The van der Waals surface area contributed by atoms with Crippen molar-refractivity contribution in [2.75, 3.05) is 0 Å². The van der Waals surface area contributed by atoms with Crippen LogP contribution < -0.4 is 0 Å². The maximum atomic E-state index is 9.78. The van der Waals surface area contributed by atoms with Crippen LogP contribution in [0.5, 0.6) is 0 Å². The number of hydrogen-bond donors (Lipinski definition) is 1. The molecule has 1 unspecified atom stereocenters. The van der Waals surface area contributed by atoms with E-state index in [2.05, 4.69) is 13.8 Å². The number of hydrogen-bond acceptors (Lipinski definition) is 2. The van der Waals surface area contributed by atoms with E-state index in [9.17, 15) is 5.11 Å². The molecule has 0 spiro atoms. The normalized spacial score (nSPS) is 25.1. The quantitative estimate of drug-likeness (QED) is 0.790. The number of rotatable bonds is 1. The van der Waals surface area contributed by atoms with Gasteiger partial charge in [0.2, 0.25) is 0 Å². The van der Waals surface area contributed by atoms with Crippen LogP contribution >= 0.6 is 22.9 Å². The van der Waals surface area contributed by atoms with Crippen LogP contribution in [0.3, 0.4) is 0 Å². The second-order valence-electron chi connectivity index (χ2n) is 4.91. The lowest BCUT2D eigenvalue weighted by Gasteiger charge is -2.32. The molecule has 0 radical (unpaired) electrons. The molecule has 2 rings (SSSR count). The lowest BCUT2D eigenvalue weighted by molar-refractivity contribution is 0.146. The molecule has 1 aliphatic carbocycles. The van der Waals surface area contributed by atoms with Crippen LogP contribution in [0.15, 0.2) is 18.2 Å². The molecule has 0 bridgehead atoms. The summed E-state index contributed by atoms with van der Waals surface area (Å²) in [6.45, 7) is 4.39. The Hall–Kier alpha value is -0.310. The second kappa shape index (κ2) is 3.93. The molecular formula is C12H15ClOS. The summed E-state index contributed by atoms with van der Waals surface area (Å²) in [5.74, 6) is 0. The van der Waals surface area contributed by atoms with Crippen molar-refractivity contribution >= 4 is 28.5 Å². The van der Waals surface area contributed by atoms with Crippen LogP contribution in [0.1, 0.15) is 31.6 Å². The first-order chi connectivity index (χ1) is 6.96. The predicted molar refractivity (Wildman–Crippen MR) is 66.3 cm³/mol. The Morgan fingerprint density at radius 1 is 1.47 bits per heavy atom. The van der Waals surface area contributed by atoms with E-state index in [1.807, 2.05) is 18.2 Å². The molecule has 0 amide bonds. The Morgan fingerprint density at radius 2 is 2.20 bits per heavy atom. The van der Waals surface area contributed by atoms with E-state index in [0.717, 1.165) is 17.2 Å².